The highest BCUT2D eigenvalue weighted by Gasteiger charge is 2.20. The number of phenols is 2. The van der Waals surface area contributed by atoms with Crippen LogP contribution in [-0.4, -0.2) is 51.6 Å². The van der Waals surface area contributed by atoms with Crippen molar-refractivity contribution < 1.29 is 29.2 Å². The van der Waals surface area contributed by atoms with E-state index >= 15 is 0 Å². The summed E-state index contributed by atoms with van der Waals surface area (Å²) in [6.45, 7) is 10.7. The summed E-state index contributed by atoms with van der Waals surface area (Å²) in [7, 11) is 0. The van der Waals surface area contributed by atoms with E-state index < -0.39 is 0 Å². The molecule has 9 nitrogen and oxygen atoms in total. The molecule has 47 heavy (non-hydrogen) atoms. The number of ether oxygens (including phenoxy) is 4. The van der Waals surface area contributed by atoms with Crippen molar-refractivity contribution in [1.29, 1.82) is 0 Å². The standard InChI is InChI=1S/C38H49N3O6/c1-5-9-13-23-46-29-16-19-32(35(26-29)47-22-12-8-4)38-40-36(30-17-14-27(24-33(30)42)44-20-10-6-2)39-37(41-38)31-18-15-28(25-34(31)43)45-21-11-7-3/h14-19,24-26,42-43H,5-13,20-23H2,1-4H3. The van der Waals surface area contributed by atoms with Gasteiger partial charge >= 0.3 is 0 Å². The molecule has 0 aliphatic heterocycles. The van der Waals surface area contributed by atoms with Crippen LogP contribution in [0.5, 0.6) is 34.5 Å². The molecular formula is C38H49N3O6. The number of aromatic nitrogens is 3. The predicted molar refractivity (Wildman–Crippen MR) is 186 cm³/mol. The third kappa shape index (κ3) is 10.2. The summed E-state index contributed by atoms with van der Waals surface area (Å²) in [6.07, 6.45) is 8.91. The van der Waals surface area contributed by atoms with Gasteiger partial charge in [0.1, 0.15) is 34.5 Å². The number of rotatable bonds is 20. The van der Waals surface area contributed by atoms with Gasteiger partial charge in [0.25, 0.3) is 0 Å². The van der Waals surface area contributed by atoms with Gasteiger partial charge in [-0.25, -0.2) is 15.0 Å². The summed E-state index contributed by atoms with van der Waals surface area (Å²) in [5, 5.41) is 22.2. The molecule has 0 unspecified atom stereocenters. The monoisotopic (exact) mass is 643 g/mol. The molecule has 0 saturated heterocycles. The van der Waals surface area contributed by atoms with Gasteiger partial charge in [-0.1, -0.05) is 59.8 Å². The first-order valence-corrected chi connectivity index (χ1v) is 17.1. The van der Waals surface area contributed by atoms with Crippen LogP contribution >= 0.6 is 0 Å². The largest absolute Gasteiger partial charge is 0.507 e. The summed E-state index contributed by atoms with van der Waals surface area (Å²) in [5.74, 6) is 3.18. The highest BCUT2D eigenvalue weighted by Crippen LogP contribution is 2.38. The minimum absolute atomic E-state index is 0.0266. The second-order valence-electron chi connectivity index (χ2n) is 11.5. The van der Waals surface area contributed by atoms with Crippen LogP contribution in [0.4, 0.5) is 0 Å². The van der Waals surface area contributed by atoms with E-state index in [-0.39, 0.29) is 23.1 Å². The predicted octanol–water partition coefficient (Wildman–Crippen LogP) is 9.39. The molecule has 252 valence electrons. The van der Waals surface area contributed by atoms with Crippen LogP contribution in [0.25, 0.3) is 34.2 Å². The first-order chi connectivity index (χ1) is 23.0. The fraction of sp³-hybridized carbons (Fsp3) is 0.447. The lowest BCUT2D eigenvalue weighted by Gasteiger charge is -2.15. The van der Waals surface area contributed by atoms with Gasteiger partial charge in [-0.15, -0.1) is 0 Å². The minimum atomic E-state index is -0.0266. The Hall–Kier alpha value is -4.53. The number of unbranched alkanes of at least 4 members (excludes halogenated alkanes) is 5. The molecule has 3 aromatic carbocycles. The zero-order chi connectivity index (χ0) is 33.4. The van der Waals surface area contributed by atoms with Gasteiger partial charge in [-0.3, -0.25) is 0 Å². The fourth-order valence-electron chi connectivity index (χ4n) is 4.75. The van der Waals surface area contributed by atoms with Crippen LogP contribution in [0.2, 0.25) is 0 Å². The Bertz CT molecular complexity index is 1480. The topological polar surface area (TPSA) is 116 Å². The molecule has 4 rings (SSSR count). The first kappa shape index (κ1) is 35.3. The Morgan fingerprint density at radius 3 is 1.28 bits per heavy atom. The summed E-state index contributed by atoms with van der Waals surface area (Å²) in [5.41, 5.74) is 1.45. The summed E-state index contributed by atoms with van der Waals surface area (Å²) < 4.78 is 23.9. The maximum absolute atomic E-state index is 11.1. The third-order valence-corrected chi connectivity index (χ3v) is 7.55. The second-order valence-corrected chi connectivity index (χ2v) is 11.5. The molecule has 0 amide bonds. The smallest absolute Gasteiger partial charge is 0.167 e. The van der Waals surface area contributed by atoms with E-state index in [4.69, 9.17) is 33.9 Å². The van der Waals surface area contributed by atoms with Crippen LogP contribution in [0.15, 0.2) is 54.6 Å². The van der Waals surface area contributed by atoms with Gasteiger partial charge in [0.2, 0.25) is 0 Å². The highest BCUT2D eigenvalue weighted by molar-refractivity contribution is 5.74. The molecule has 0 bridgehead atoms. The molecule has 0 aliphatic carbocycles. The zero-order valence-electron chi connectivity index (χ0n) is 28.3. The quantitative estimate of drug-likeness (QED) is 0.0909. The fourth-order valence-corrected chi connectivity index (χ4v) is 4.75. The van der Waals surface area contributed by atoms with E-state index in [9.17, 15) is 10.2 Å². The summed E-state index contributed by atoms with van der Waals surface area (Å²) in [6, 6.07) is 15.8. The maximum Gasteiger partial charge on any atom is 0.167 e. The molecule has 2 N–H and O–H groups in total. The van der Waals surface area contributed by atoms with E-state index in [2.05, 4.69) is 27.7 Å². The summed E-state index contributed by atoms with van der Waals surface area (Å²) in [4.78, 5) is 14.4. The molecule has 1 aromatic heterocycles. The van der Waals surface area contributed by atoms with Gasteiger partial charge < -0.3 is 29.2 Å². The molecule has 4 aromatic rings. The van der Waals surface area contributed by atoms with Crippen LogP contribution in [-0.2, 0) is 0 Å². The molecule has 9 heteroatoms. The second kappa shape index (κ2) is 18.6. The van der Waals surface area contributed by atoms with Crippen molar-refractivity contribution in [2.45, 2.75) is 85.5 Å². The van der Waals surface area contributed by atoms with Crippen LogP contribution in [0.3, 0.4) is 0 Å². The first-order valence-electron chi connectivity index (χ1n) is 17.1. The van der Waals surface area contributed by atoms with E-state index in [1.807, 2.05) is 18.2 Å². The molecule has 0 fully saturated rings. The molecule has 0 atom stereocenters. The van der Waals surface area contributed by atoms with Crippen LogP contribution in [0, 0.1) is 0 Å². The van der Waals surface area contributed by atoms with E-state index in [0.717, 1.165) is 57.8 Å². The lowest BCUT2D eigenvalue weighted by atomic mass is 10.1. The summed E-state index contributed by atoms with van der Waals surface area (Å²) >= 11 is 0. The van der Waals surface area contributed by atoms with Crippen molar-refractivity contribution in [2.75, 3.05) is 26.4 Å². The normalized spacial score (nSPS) is 11.0. The number of phenolic OH excluding ortho intramolecular Hbond substituents is 2. The van der Waals surface area contributed by atoms with Crippen molar-refractivity contribution in [3.05, 3.63) is 54.6 Å². The average molecular weight is 644 g/mol. The highest BCUT2D eigenvalue weighted by atomic mass is 16.5. The SMILES string of the molecule is CCCCCOc1ccc(-c2nc(-c3ccc(OCCCC)cc3O)nc(-c3ccc(OCCCC)cc3O)n2)c(OCCCC)c1. The number of hydrogen-bond donors (Lipinski definition) is 2. The van der Waals surface area contributed by atoms with E-state index in [1.165, 1.54) is 0 Å². The Morgan fingerprint density at radius 1 is 0.447 bits per heavy atom. The molecule has 0 aliphatic rings. The molecule has 0 saturated carbocycles. The third-order valence-electron chi connectivity index (χ3n) is 7.55. The van der Waals surface area contributed by atoms with Gasteiger partial charge in [0.05, 0.1) is 43.1 Å². The van der Waals surface area contributed by atoms with Crippen LogP contribution < -0.4 is 18.9 Å². The van der Waals surface area contributed by atoms with Gasteiger partial charge in [-0.05, 0) is 62.1 Å². The molecular weight excluding hydrogens is 594 g/mol. The van der Waals surface area contributed by atoms with Crippen molar-refractivity contribution in [2.24, 2.45) is 0 Å². The number of hydrogen-bond acceptors (Lipinski definition) is 9. The van der Waals surface area contributed by atoms with Crippen molar-refractivity contribution >= 4 is 0 Å². The lowest BCUT2D eigenvalue weighted by molar-refractivity contribution is 0.293. The Balaban J connectivity index is 1.79. The van der Waals surface area contributed by atoms with Crippen LogP contribution in [0.1, 0.15) is 85.5 Å². The van der Waals surface area contributed by atoms with Gasteiger partial charge in [-0.2, -0.15) is 0 Å². The number of nitrogens with zero attached hydrogens (tertiary/aromatic N) is 3. The Labute approximate surface area is 279 Å². The Morgan fingerprint density at radius 2 is 0.830 bits per heavy atom. The lowest BCUT2D eigenvalue weighted by Crippen LogP contribution is -2.04. The van der Waals surface area contributed by atoms with Crippen molar-refractivity contribution in [3.8, 4) is 68.7 Å². The van der Waals surface area contributed by atoms with Crippen molar-refractivity contribution in [1.82, 2.24) is 15.0 Å². The average Bonchev–Trinajstić information content (AvgIpc) is 3.07. The molecule has 0 radical (unpaired) electrons. The number of aromatic hydroxyl groups is 2. The van der Waals surface area contributed by atoms with Crippen molar-refractivity contribution in [3.63, 3.8) is 0 Å². The molecule has 1 heterocycles. The maximum atomic E-state index is 11.1. The minimum Gasteiger partial charge on any atom is -0.507 e. The molecule has 0 spiro atoms. The van der Waals surface area contributed by atoms with Gasteiger partial charge in [0.15, 0.2) is 17.5 Å². The van der Waals surface area contributed by atoms with Gasteiger partial charge in [0, 0.05) is 18.2 Å². The number of benzene rings is 3. The zero-order valence-corrected chi connectivity index (χ0v) is 28.3. The van der Waals surface area contributed by atoms with E-state index in [0.29, 0.717) is 71.9 Å². The van der Waals surface area contributed by atoms with E-state index in [1.54, 1.807) is 36.4 Å². The Kier molecular flexibility index (Phi) is 14.0.